The minimum atomic E-state index is -0.405. The first kappa shape index (κ1) is 45.3. The molecule has 0 aromatic heterocycles. The van der Waals surface area contributed by atoms with E-state index in [0.717, 1.165) is 54.6 Å². The number of rotatable bonds is 18. The summed E-state index contributed by atoms with van der Waals surface area (Å²) in [4.78, 5) is 58.4. The van der Waals surface area contributed by atoms with Crippen LogP contribution in [0.5, 0.6) is 11.5 Å². The normalized spacial score (nSPS) is 10.6. The summed E-state index contributed by atoms with van der Waals surface area (Å²) >= 11 is 0. The fraction of sp³-hybridized carbons (Fsp3) is 0.326. The Morgan fingerprint density at radius 3 is 1.45 bits per heavy atom. The van der Waals surface area contributed by atoms with Crippen molar-refractivity contribution in [1.29, 1.82) is 0 Å². The number of anilines is 2. The van der Waals surface area contributed by atoms with Gasteiger partial charge in [0.25, 0.3) is 5.91 Å². The number of benzene rings is 4. The number of amides is 2. The number of aldehydes is 1. The van der Waals surface area contributed by atoms with Crippen molar-refractivity contribution >= 4 is 47.1 Å². The molecule has 2 amide bonds. The molecule has 0 atom stereocenters. The van der Waals surface area contributed by atoms with Crippen molar-refractivity contribution < 1.29 is 33.4 Å². The van der Waals surface area contributed by atoms with Gasteiger partial charge in [0.2, 0.25) is 5.91 Å². The predicted octanol–water partition coefficient (Wildman–Crippen LogP) is 10.0. The van der Waals surface area contributed by atoms with Gasteiger partial charge in [0.15, 0.2) is 5.78 Å². The van der Waals surface area contributed by atoms with Gasteiger partial charge < -0.3 is 20.1 Å². The number of hydrogen-bond acceptors (Lipinski definition) is 7. The summed E-state index contributed by atoms with van der Waals surface area (Å²) in [6, 6.07) is 32.8. The van der Waals surface area contributed by atoms with E-state index in [1.165, 1.54) is 0 Å². The molecule has 4 aromatic rings. The molecule has 0 aliphatic rings. The van der Waals surface area contributed by atoms with Gasteiger partial charge in [-0.2, -0.15) is 0 Å². The summed E-state index contributed by atoms with van der Waals surface area (Å²) in [7, 11) is 0. The van der Waals surface area contributed by atoms with Crippen LogP contribution in [0.1, 0.15) is 89.6 Å². The fourth-order valence-electron chi connectivity index (χ4n) is 4.51. The number of hydrogen-bond donors (Lipinski definition) is 2. The highest BCUT2D eigenvalue weighted by molar-refractivity contribution is 6.26. The lowest BCUT2D eigenvalue weighted by Gasteiger charge is -2.11. The molecule has 0 heterocycles. The average molecular weight is 749 g/mol. The number of nitrogens with one attached hydrogen (secondary N) is 2. The second-order valence-corrected chi connectivity index (χ2v) is 13.3. The van der Waals surface area contributed by atoms with E-state index >= 15 is 0 Å². The Hall–Kier alpha value is -5.83. The quantitative estimate of drug-likeness (QED) is 0.0341. The zero-order valence-corrected chi connectivity index (χ0v) is 33.0. The van der Waals surface area contributed by atoms with Crippen LogP contribution in [0.25, 0.3) is 6.08 Å². The molecule has 0 aliphatic heterocycles. The van der Waals surface area contributed by atoms with Gasteiger partial charge in [0, 0.05) is 28.8 Å². The fourth-order valence-corrected chi connectivity index (χ4v) is 4.51. The number of ether oxygens (including phenoxy) is 2. The van der Waals surface area contributed by atoms with Crippen molar-refractivity contribution in [3.63, 3.8) is 0 Å². The molecule has 0 spiro atoms. The lowest BCUT2D eigenvalue weighted by atomic mass is 9.98. The summed E-state index contributed by atoms with van der Waals surface area (Å²) in [6.45, 7) is 12.8. The van der Waals surface area contributed by atoms with Crippen LogP contribution in [-0.4, -0.2) is 42.9 Å². The summed E-state index contributed by atoms with van der Waals surface area (Å²) in [6.07, 6.45) is 6.60. The van der Waals surface area contributed by atoms with Crippen LogP contribution in [0.2, 0.25) is 0 Å². The molecular formula is C46H56N2O7. The van der Waals surface area contributed by atoms with Crippen LogP contribution >= 0.6 is 0 Å². The first-order chi connectivity index (χ1) is 26.5. The largest absolute Gasteiger partial charge is 0.494 e. The Morgan fingerprint density at radius 2 is 1.05 bits per heavy atom. The smallest absolute Gasteiger partial charge is 0.259 e. The summed E-state index contributed by atoms with van der Waals surface area (Å²) < 4.78 is 11.2. The van der Waals surface area contributed by atoms with Crippen molar-refractivity contribution in [3.05, 3.63) is 126 Å². The lowest BCUT2D eigenvalue weighted by Crippen LogP contribution is -2.23. The summed E-state index contributed by atoms with van der Waals surface area (Å²) in [5.41, 5.74) is 3.00. The third-order valence-electron chi connectivity index (χ3n) is 7.84. The van der Waals surface area contributed by atoms with Crippen LogP contribution in [0.15, 0.2) is 115 Å². The maximum atomic E-state index is 12.7. The monoisotopic (exact) mass is 748 g/mol. The molecule has 0 fully saturated rings. The zero-order chi connectivity index (χ0) is 40.4. The van der Waals surface area contributed by atoms with Crippen molar-refractivity contribution in [2.45, 2.75) is 73.6 Å². The van der Waals surface area contributed by atoms with E-state index in [4.69, 9.17) is 9.47 Å². The molecule has 0 saturated carbocycles. The third-order valence-corrected chi connectivity index (χ3v) is 7.84. The van der Waals surface area contributed by atoms with E-state index in [0.29, 0.717) is 24.6 Å². The van der Waals surface area contributed by atoms with Crippen molar-refractivity contribution in [3.8, 4) is 11.5 Å². The maximum Gasteiger partial charge on any atom is 0.259 e. The van der Waals surface area contributed by atoms with Crippen LogP contribution in [-0.2, 0) is 19.2 Å². The predicted molar refractivity (Wildman–Crippen MR) is 222 cm³/mol. The summed E-state index contributed by atoms with van der Waals surface area (Å²) in [5.74, 6) is 0.253. The van der Waals surface area contributed by atoms with Gasteiger partial charge in [-0.15, -0.1) is 0 Å². The van der Waals surface area contributed by atoms with E-state index in [9.17, 15) is 24.0 Å². The first-order valence-electron chi connectivity index (χ1n) is 18.9. The molecule has 9 nitrogen and oxygen atoms in total. The van der Waals surface area contributed by atoms with Crippen molar-refractivity contribution in [2.24, 2.45) is 11.8 Å². The summed E-state index contributed by atoms with van der Waals surface area (Å²) in [5, 5.41) is 5.52. The highest BCUT2D eigenvalue weighted by atomic mass is 16.5. The number of carbonyl (C=O) groups excluding carboxylic acids is 5. The Balaban J connectivity index is 0.000000325. The third kappa shape index (κ3) is 18.7. The van der Waals surface area contributed by atoms with Gasteiger partial charge in [-0.05, 0) is 73.0 Å². The highest BCUT2D eigenvalue weighted by Crippen LogP contribution is 2.19. The van der Waals surface area contributed by atoms with E-state index < -0.39 is 5.91 Å². The maximum absolute atomic E-state index is 12.7. The molecule has 0 aliphatic carbocycles. The molecule has 9 heteroatoms. The standard InChI is InChI=1S/C23H27NO3.C16H23NO3.C7H6O/c1-4-5-15-27-20-13-11-19(12-14-20)24-23(26)21(22(25)17(2)3)16-18-9-7-6-8-10-18;1-4-5-10-20-14-8-6-13(7-9-14)17-16(19)11-15(18)12(2)3;8-6-7-4-2-1-3-5-7/h6-14,16-17H,4-5,15H2,1-3H3,(H,24,26);6-9,12H,4-5,10-11H2,1-3H3,(H,17,19);1-6H/b21-16+;;. The molecule has 4 rings (SSSR count). The van der Waals surface area contributed by atoms with Gasteiger partial charge in [-0.3, -0.25) is 24.0 Å². The van der Waals surface area contributed by atoms with Gasteiger partial charge in [0.1, 0.15) is 23.6 Å². The molecule has 0 bridgehead atoms. The Morgan fingerprint density at radius 1 is 0.600 bits per heavy atom. The first-order valence-corrected chi connectivity index (χ1v) is 18.9. The molecule has 55 heavy (non-hydrogen) atoms. The molecular weight excluding hydrogens is 693 g/mol. The van der Waals surface area contributed by atoms with Gasteiger partial charge >= 0.3 is 0 Å². The number of Topliss-reactive ketones (excluding diaryl/α,β-unsaturated/α-hetero) is 2. The number of unbranched alkanes of at least 4 members (excludes halogenated alkanes) is 2. The van der Waals surface area contributed by atoms with Crippen LogP contribution in [0, 0.1) is 11.8 Å². The Bertz CT molecular complexity index is 1770. The van der Waals surface area contributed by atoms with Gasteiger partial charge in [-0.25, -0.2) is 0 Å². The number of carbonyl (C=O) groups is 5. The second-order valence-electron chi connectivity index (χ2n) is 13.3. The lowest BCUT2D eigenvalue weighted by molar-refractivity contribution is -0.127. The molecule has 0 unspecified atom stereocenters. The Kier molecular flexibility index (Phi) is 21.5. The molecule has 0 radical (unpaired) electrons. The molecule has 0 saturated heterocycles. The topological polar surface area (TPSA) is 128 Å². The van der Waals surface area contributed by atoms with Crippen LogP contribution in [0.4, 0.5) is 11.4 Å². The average Bonchev–Trinajstić information content (AvgIpc) is 3.19. The second kappa shape index (κ2) is 26.0. The van der Waals surface area contributed by atoms with Gasteiger partial charge in [-0.1, -0.05) is 115 Å². The van der Waals surface area contributed by atoms with Crippen LogP contribution in [0.3, 0.4) is 0 Å². The number of ketones is 2. The van der Waals surface area contributed by atoms with E-state index in [-0.39, 0.29) is 41.3 Å². The minimum absolute atomic E-state index is 0.0537. The minimum Gasteiger partial charge on any atom is -0.494 e. The molecule has 4 aromatic carbocycles. The van der Waals surface area contributed by atoms with Crippen molar-refractivity contribution in [1.82, 2.24) is 0 Å². The zero-order valence-electron chi connectivity index (χ0n) is 33.0. The molecule has 292 valence electrons. The van der Waals surface area contributed by atoms with Crippen LogP contribution < -0.4 is 20.1 Å². The highest BCUT2D eigenvalue weighted by Gasteiger charge is 2.21. The molecule has 2 N–H and O–H groups in total. The van der Waals surface area contributed by atoms with Crippen molar-refractivity contribution in [2.75, 3.05) is 23.8 Å². The van der Waals surface area contributed by atoms with E-state index in [2.05, 4.69) is 24.5 Å². The Labute approximate surface area is 326 Å². The SMILES string of the molecule is CCCCOc1ccc(NC(=O)/C(=C/c2ccccc2)C(=O)C(C)C)cc1.CCCCOc1ccc(NC(=O)CC(=O)C(C)C)cc1.O=Cc1ccccc1. The van der Waals surface area contributed by atoms with Gasteiger partial charge in [0.05, 0.1) is 25.2 Å². The van der Waals surface area contributed by atoms with E-state index in [1.807, 2.05) is 72.8 Å². The van der Waals surface area contributed by atoms with E-state index in [1.54, 1.807) is 70.2 Å².